The van der Waals surface area contributed by atoms with Gasteiger partial charge in [-0.3, -0.25) is 4.68 Å². The van der Waals surface area contributed by atoms with Crippen LogP contribution >= 0.6 is 11.6 Å². The Morgan fingerprint density at radius 2 is 2.00 bits per heavy atom. The van der Waals surface area contributed by atoms with E-state index in [9.17, 15) is 0 Å². The van der Waals surface area contributed by atoms with Crippen LogP contribution in [0.1, 0.15) is 24.1 Å². The van der Waals surface area contributed by atoms with E-state index in [1.54, 1.807) is 12.4 Å². The topological polar surface area (TPSA) is 42.7 Å². The van der Waals surface area contributed by atoms with Crippen molar-refractivity contribution in [3.8, 4) is 0 Å². The molecule has 5 heteroatoms. The van der Waals surface area contributed by atoms with Crippen molar-refractivity contribution in [1.82, 2.24) is 14.8 Å². The predicted molar refractivity (Wildman–Crippen MR) is 89.1 cm³/mol. The van der Waals surface area contributed by atoms with Crippen molar-refractivity contribution in [1.29, 1.82) is 0 Å². The van der Waals surface area contributed by atoms with Gasteiger partial charge >= 0.3 is 0 Å². The van der Waals surface area contributed by atoms with Crippen molar-refractivity contribution in [3.63, 3.8) is 0 Å². The number of anilines is 1. The Labute approximate surface area is 134 Å². The SMILES string of the molecule is C[C@@H](Nc1ccc(Cn2cccn2)cc1)c1ccc(Cl)nc1. The molecule has 1 N–H and O–H groups in total. The van der Waals surface area contributed by atoms with Gasteiger partial charge in [0.1, 0.15) is 5.15 Å². The third-order valence-corrected chi connectivity index (χ3v) is 3.71. The maximum absolute atomic E-state index is 5.81. The lowest BCUT2D eigenvalue weighted by molar-refractivity contribution is 0.687. The summed E-state index contributed by atoms with van der Waals surface area (Å²) < 4.78 is 1.91. The average molecular weight is 313 g/mol. The molecular weight excluding hydrogens is 296 g/mol. The first-order valence-electron chi connectivity index (χ1n) is 7.15. The lowest BCUT2D eigenvalue weighted by Gasteiger charge is -2.15. The minimum Gasteiger partial charge on any atom is -0.378 e. The lowest BCUT2D eigenvalue weighted by Crippen LogP contribution is -2.07. The van der Waals surface area contributed by atoms with Crippen molar-refractivity contribution in [2.45, 2.75) is 19.5 Å². The molecule has 0 spiro atoms. The molecule has 112 valence electrons. The zero-order valence-electron chi connectivity index (χ0n) is 12.3. The molecule has 3 rings (SSSR count). The van der Waals surface area contributed by atoms with Crippen LogP contribution in [0.15, 0.2) is 61.1 Å². The minimum atomic E-state index is 0.168. The van der Waals surface area contributed by atoms with Gasteiger partial charge in [-0.05, 0) is 42.3 Å². The number of benzene rings is 1. The normalized spacial score (nSPS) is 12.1. The van der Waals surface area contributed by atoms with Crippen molar-refractivity contribution >= 4 is 17.3 Å². The number of pyridine rings is 1. The molecule has 0 radical (unpaired) electrons. The van der Waals surface area contributed by atoms with E-state index >= 15 is 0 Å². The number of hydrogen-bond acceptors (Lipinski definition) is 3. The van der Waals surface area contributed by atoms with E-state index in [1.165, 1.54) is 5.56 Å². The third-order valence-electron chi connectivity index (χ3n) is 3.49. The lowest BCUT2D eigenvalue weighted by atomic mass is 10.1. The molecule has 1 aromatic carbocycles. The molecule has 2 heterocycles. The standard InChI is InChI=1S/C17H17ClN4/c1-13(15-5-8-17(18)19-11-15)21-16-6-3-14(4-7-16)12-22-10-2-9-20-22/h2-11,13,21H,12H2,1H3/t13-/m1/s1. The maximum atomic E-state index is 5.81. The second-order valence-corrected chi connectivity index (χ2v) is 5.57. The van der Waals surface area contributed by atoms with Gasteiger partial charge in [0, 0.05) is 24.3 Å². The van der Waals surface area contributed by atoms with Crippen LogP contribution in [-0.2, 0) is 6.54 Å². The minimum absolute atomic E-state index is 0.168. The summed E-state index contributed by atoms with van der Waals surface area (Å²) in [5.74, 6) is 0. The molecule has 0 fully saturated rings. The maximum Gasteiger partial charge on any atom is 0.129 e. The van der Waals surface area contributed by atoms with Gasteiger partial charge in [0.15, 0.2) is 0 Å². The molecule has 2 aromatic heterocycles. The van der Waals surface area contributed by atoms with E-state index in [2.05, 4.69) is 46.6 Å². The van der Waals surface area contributed by atoms with Crippen LogP contribution in [-0.4, -0.2) is 14.8 Å². The largest absolute Gasteiger partial charge is 0.378 e. The molecule has 0 aliphatic heterocycles. The summed E-state index contributed by atoms with van der Waals surface area (Å²) in [5.41, 5.74) is 3.40. The first-order chi connectivity index (χ1) is 10.7. The number of aromatic nitrogens is 3. The highest BCUT2D eigenvalue weighted by atomic mass is 35.5. The molecule has 0 aliphatic carbocycles. The molecule has 4 nitrogen and oxygen atoms in total. The number of nitrogens with one attached hydrogen (secondary N) is 1. The number of nitrogens with zero attached hydrogens (tertiary/aromatic N) is 3. The van der Waals surface area contributed by atoms with Gasteiger partial charge in [0.05, 0.1) is 12.6 Å². The van der Waals surface area contributed by atoms with Crippen molar-refractivity contribution < 1.29 is 0 Å². The first kappa shape index (κ1) is 14.6. The molecule has 0 bridgehead atoms. The van der Waals surface area contributed by atoms with Crippen LogP contribution < -0.4 is 5.32 Å². The van der Waals surface area contributed by atoms with Crippen molar-refractivity contribution in [3.05, 3.63) is 77.3 Å². The summed E-state index contributed by atoms with van der Waals surface area (Å²) in [5, 5.41) is 8.18. The van der Waals surface area contributed by atoms with E-state index in [0.29, 0.717) is 5.15 Å². The second kappa shape index (κ2) is 6.62. The Balaban J connectivity index is 1.64. The Kier molecular flexibility index (Phi) is 4.39. The highest BCUT2D eigenvalue weighted by Gasteiger charge is 2.06. The van der Waals surface area contributed by atoms with Gasteiger partial charge in [-0.25, -0.2) is 4.98 Å². The van der Waals surface area contributed by atoms with Crippen molar-refractivity contribution in [2.24, 2.45) is 0 Å². The summed E-state index contributed by atoms with van der Waals surface area (Å²) in [6.45, 7) is 2.88. The van der Waals surface area contributed by atoms with Gasteiger partial charge in [0.25, 0.3) is 0 Å². The Morgan fingerprint density at radius 3 is 2.64 bits per heavy atom. The number of rotatable bonds is 5. The quantitative estimate of drug-likeness (QED) is 0.720. The first-order valence-corrected chi connectivity index (χ1v) is 7.53. The van der Waals surface area contributed by atoms with Gasteiger partial charge in [-0.15, -0.1) is 0 Å². The smallest absolute Gasteiger partial charge is 0.129 e. The number of halogens is 1. The Bertz CT molecular complexity index is 705. The summed E-state index contributed by atoms with van der Waals surface area (Å²) >= 11 is 5.81. The van der Waals surface area contributed by atoms with E-state index in [0.717, 1.165) is 17.8 Å². The summed E-state index contributed by atoms with van der Waals surface area (Å²) in [4.78, 5) is 4.11. The molecule has 3 aromatic rings. The average Bonchev–Trinajstić information content (AvgIpc) is 3.03. The molecule has 0 unspecified atom stereocenters. The zero-order valence-corrected chi connectivity index (χ0v) is 13.0. The molecule has 22 heavy (non-hydrogen) atoms. The summed E-state index contributed by atoms with van der Waals surface area (Å²) in [6.07, 6.45) is 5.55. The van der Waals surface area contributed by atoms with Crippen LogP contribution in [0.4, 0.5) is 5.69 Å². The summed E-state index contributed by atoms with van der Waals surface area (Å²) in [6, 6.07) is 14.3. The fraction of sp³-hybridized carbons (Fsp3) is 0.176. The fourth-order valence-corrected chi connectivity index (χ4v) is 2.38. The van der Waals surface area contributed by atoms with Crippen molar-refractivity contribution in [2.75, 3.05) is 5.32 Å². The van der Waals surface area contributed by atoms with Crippen LogP contribution in [0, 0.1) is 0 Å². The Morgan fingerprint density at radius 1 is 1.18 bits per heavy atom. The highest BCUT2D eigenvalue weighted by Crippen LogP contribution is 2.20. The second-order valence-electron chi connectivity index (χ2n) is 5.18. The van der Waals surface area contributed by atoms with Crippen LogP contribution in [0.3, 0.4) is 0 Å². The summed E-state index contributed by atoms with van der Waals surface area (Å²) in [7, 11) is 0. The highest BCUT2D eigenvalue weighted by molar-refractivity contribution is 6.29. The molecule has 0 saturated heterocycles. The van der Waals surface area contributed by atoms with Gasteiger partial charge in [0.2, 0.25) is 0 Å². The Hall–Kier alpha value is -2.33. The zero-order chi connectivity index (χ0) is 15.4. The monoisotopic (exact) mass is 312 g/mol. The fourth-order valence-electron chi connectivity index (χ4n) is 2.26. The van der Waals surface area contributed by atoms with Gasteiger partial charge in [-0.2, -0.15) is 5.10 Å². The third kappa shape index (κ3) is 3.65. The van der Waals surface area contributed by atoms with Crippen LogP contribution in [0.2, 0.25) is 5.15 Å². The molecule has 0 saturated carbocycles. The molecular formula is C17H17ClN4. The van der Waals surface area contributed by atoms with E-state index < -0.39 is 0 Å². The molecule has 0 amide bonds. The van der Waals surface area contributed by atoms with E-state index in [1.807, 2.05) is 29.1 Å². The van der Waals surface area contributed by atoms with E-state index in [4.69, 9.17) is 11.6 Å². The van der Waals surface area contributed by atoms with Crippen LogP contribution in [0.5, 0.6) is 0 Å². The van der Waals surface area contributed by atoms with Gasteiger partial charge < -0.3 is 5.32 Å². The van der Waals surface area contributed by atoms with Crippen LogP contribution in [0.25, 0.3) is 0 Å². The predicted octanol–water partition coefficient (Wildman–Crippen LogP) is 4.15. The number of hydrogen-bond donors (Lipinski definition) is 1. The molecule has 1 atom stereocenters. The molecule has 0 aliphatic rings. The van der Waals surface area contributed by atoms with E-state index in [-0.39, 0.29) is 6.04 Å². The van der Waals surface area contributed by atoms with Gasteiger partial charge in [-0.1, -0.05) is 29.8 Å².